The Morgan fingerprint density at radius 3 is 2.15 bits per heavy atom. The minimum Gasteiger partial charge on any atom is 0 e. The molecule has 0 fully saturated rings. The van der Waals surface area contributed by atoms with E-state index in [9.17, 15) is 0 Å². The van der Waals surface area contributed by atoms with Crippen LogP contribution in [-0.4, -0.2) is 27.8 Å². The average Bonchev–Trinajstić information content (AvgIpc) is 3.83. The van der Waals surface area contributed by atoms with Gasteiger partial charge in [0, 0.05) is 31.2 Å². The van der Waals surface area contributed by atoms with Gasteiger partial charge in [0.05, 0.1) is 22.4 Å². The molecule has 3 heterocycles. The number of fused-ring (bicyclic) bond motifs is 7. The van der Waals surface area contributed by atoms with Crippen molar-refractivity contribution in [3.63, 3.8) is 0 Å². The third-order valence-corrected chi connectivity index (χ3v) is 15.6. The first-order valence-electron chi connectivity index (χ1n) is 22.0. The molecule has 0 aliphatic heterocycles. The van der Waals surface area contributed by atoms with Crippen molar-refractivity contribution < 1.29 is 28.6 Å². The Morgan fingerprint density at radius 2 is 1.42 bits per heavy atom. The van der Waals surface area contributed by atoms with Gasteiger partial charge in [-0.3, -0.25) is 4.98 Å². The number of hydrogen-bond donors (Lipinski definition) is 0. The average molecular weight is 1020 g/mol. The van der Waals surface area contributed by atoms with Crippen LogP contribution in [-0.2, 0) is 20.1 Å². The second kappa shape index (κ2) is 16.6. The molecular formula is C54H49GeIrN3O-2. The minimum atomic E-state index is -2.27. The molecule has 301 valence electrons. The SMILES string of the molecule is CC(C)c1cccc(C(C)C)c1-n1c(-c2[c-]ccc3c2oc2cc4ccc5ccccc5c4cc23)nc2ccccc21.[2H]C([2H])([2H])c1cc(-c2[c-]cccc2)nc[c]1[Ge]([CH3])([CH3])[CH3].[Ir]. The molecule has 0 unspecified atom stereocenters. The van der Waals surface area contributed by atoms with E-state index in [4.69, 9.17) is 13.5 Å². The first-order valence-corrected chi connectivity index (χ1v) is 27.8. The predicted molar refractivity (Wildman–Crippen MR) is 252 cm³/mol. The fraction of sp³-hybridized carbons (Fsp3) is 0.185. The normalized spacial score (nSPS) is 12.8. The quantitative estimate of drug-likeness (QED) is 0.0947. The molecular weight excluding hydrogens is 971 g/mol. The molecule has 7 aromatic carbocycles. The van der Waals surface area contributed by atoms with Gasteiger partial charge in [-0.2, -0.15) is 0 Å². The summed E-state index contributed by atoms with van der Waals surface area (Å²) >= 11 is -2.27. The topological polar surface area (TPSA) is 43.9 Å². The van der Waals surface area contributed by atoms with Gasteiger partial charge in [0.2, 0.25) is 0 Å². The number of imidazole rings is 1. The van der Waals surface area contributed by atoms with Gasteiger partial charge in [-0.1, -0.05) is 105 Å². The van der Waals surface area contributed by atoms with Crippen molar-refractivity contribution in [2.24, 2.45) is 0 Å². The van der Waals surface area contributed by atoms with Crippen LogP contribution in [0, 0.1) is 19.0 Å². The summed E-state index contributed by atoms with van der Waals surface area (Å²) in [5, 5.41) is 7.08. The van der Waals surface area contributed by atoms with Crippen molar-refractivity contribution in [3.05, 3.63) is 168 Å². The minimum absolute atomic E-state index is 0. The maximum absolute atomic E-state index is 7.78. The number of aromatic nitrogens is 3. The largest absolute Gasteiger partial charge is 0 e. The molecule has 0 amide bonds. The van der Waals surface area contributed by atoms with Gasteiger partial charge in [-0.15, -0.1) is 18.2 Å². The van der Waals surface area contributed by atoms with Crippen LogP contribution in [0.5, 0.6) is 0 Å². The number of nitrogens with zero attached hydrogens (tertiary/aromatic N) is 3. The molecule has 0 spiro atoms. The van der Waals surface area contributed by atoms with Crippen molar-refractivity contribution in [3.8, 4) is 28.3 Å². The third kappa shape index (κ3) is 7.53. The van der Waals surface area contributed by atoms with E-state index in [1.54, 1.807) is 12.3 Å². The number of pyridine rings is 1. The van der Waals surface area contributed by atoms with Crippen LogP contribution in [0.4, 0.5) is 0 Å². The first-order chi connectivity index (χ1) is 29.7. The van der Waals surface area contributed by atoms with Crippen LogP contribution in [0.15, 0.2) is 144 Å². The molecule has 60 heavy (non-hydrogen) atoms. The molecule has 0 bridgehead atoms. The number of rotatable bonds is 6. The van der Waals surface area contributed by atoms with E-state index >= 15 is 0 Å². The summed E-state index contributed by atoms with van der Waals surface area (Å²) in [6, 6.07) is 52.5. The van der Waals surface area contributed by atoms with Crippen LogP contribution in [0.2, 0.25) is 17.3 Å². The maximum Gasteiger partial charge on any atom is 0 e. The maximum atomic E-state index is 7.78. The molecule has 0 saturated heterocycles. The molecule has 0 atom stereocenters. The Kier molecular flexibility index (Phi) is 10.4. The molecule has 10 rings (SSSR count). The Balaban J connectivity index is 0.000000219. The molecule has 0 saturated carbocycles. The van der Waals surface area contributed by atoms with E-state index in [0.29, 0.717) is 23.1 Å². The van der Waals surface area contributed by atoms with Crippen LogP contribution >= 0.6 is 0 Å². The number of furan rings is 1. The van der Waals surface area contributed by atoms with Crippen LogP contribution in [0.25, 0.3) is 82.8 Å². The van der Waals surface area contributed by atoms with Crippen molar-refractivity contribution >= 4 is 72.2 Å². The second-order valence-corrected chi connectivity index (χ2v) is 27.6. The molecule has 4 nitrogen and oxygen atoms in total. The molecule has 10 aromatic rings. The number of aryl methyl sites for hydroxylation is 1. The van der Waals surface area contributed by atoms with E-state index in [0.717, 1.165) is 54.3 Å². The van der Waals surface area contributed by atoms with Crippen molar-refractivity contribution in [2.75, 3.05) is 0 Å². The van der Waals surface area contributed by atoms with Crippen molar-refractivity contribution in [2.45, 2.75) is 63.7 Å². The summed E-state index contributed by atoms with van der Waals surface area (Å²) in [7, 11) is 0. The van der Waals surface area contributed by atoms with Gasteiger partial charge >= 0.3 is 110 Å². The van der Waals surface area contributed by atoms with E-state index in [-0.39, 0.29) is 20.1 Å². The predicted octanol–water partition coefficient (Wildman–Crippen LogP) is 14.3. The smallest absolute Gasteiger partial charge is 0 e. The molecule has 6 heteroatoms. The Hall–Kier alpha value is -5.33. The summed E-state index contributed by atoms with van der Waals surface area (Å²) in [5.41, 5.74) is 10.4. The van der Waals surface area contributed by atoms with Crippen LogP contribution < -0.4 is 4.40 Å². The zero-order valence-corrected chi connectivity index (χ0v) is 39.5. The van der Waals surface area contributed by atoms with Gasteiger partial charge in [0.15, 0.2) is 0 Å². The number of para-hydroxylation sites is 3. The fourth-order valence-electron chi connectivity index (χ4n) is 8.35. The van der Waals surface area contributed by atoms with Gasteiger partial charge in [-0.25, -0.2) is 0 Å². The van der Waals surface area contributed by atoms with Crippen LogP contribution in [0.3, 0.4) is 0 Å². The fourth-order valence-corrected chi connectivity index (χ4v) is 11.1. The van der Waals surface area contributed by atoms with Gasteiger partial charge in [-0.05, 0) is 68.8 Å². The standard InChI is InChI=1S/C39H31N2O.C15H18GeN.Ir/c1-23(2)27-13-9-14-28(24(3)4)37(27)41-35-18-8-7-17-34(35)40-39(41)31-16-10-15-30-33-22-32-26(21-36(33)42-38(30)31)20-19-25-11-5-6-12-29(25)32;1-12-10-15(13-8-6-5-7-9-13)17-11-14(12)16(2,3)4;/h5-15,17-24H,1-4H3;5-8,10-11H,1-4H3;/q2*-1;/i;1D3;. The number of benzene rings is 7. The van der Waals surface area contributed by atoms with E-state index in [1.165, 1.54) is 38.4 Å². The van der Waals surface area contributed by atoms with Crippen LogP contribution in [0.1, 0.15) is 60.3 Å². The van der Waals surface area contributed by atoms with Gasteiger partial charge in [0.1, 0.15) is 5.58 Å². The molecule has 3 aromatic heterocycles. The van der Waals surface area contributed by atoms with Gasteiger partial charge in [0.25, 0.3) is 0 Å². The number of hydrogen-bond acceptors (Lipinski definition) is 3. The Bertz CT molecular complexity index is 3260. The molecule has 0 aliphatic carbocycles. The Morgan fingerprint density at radius 1 is 0.683 bits per heavy atom. The van der Waals surface area contributed by atoms with Gasteiger partial charge < -0.3 is 8.98 Å². The monoisotopic (exact) mass is 1030 g/mol. The first kappa shape index (κ1) is 37.7. The third-order valence-electron chi connectivity index (χ3n) is 11.3. The summed E-state index contributed by atoms with van der Waals surface area (Å²) < 4.78 is 33.3. The summed E-state index contributed by atoms with van der Waals surface area (Å²) in [5.74, 6) is 8.09. The van der Waals surface area contributed by atoms with Crippen molar-refractivity contribution in [1.82, 2.24) is 14.5 Å². The summed E-state index contributed by atoms with van der Waals surface area (Å²) in [6.45, 7) is 6.97. The van der Waals surface area contributed by atoms with E-state index in [1.807, 2.05) is 30.3 Å². The molecule has 0 aliphatic rings. The van der Waals surface area contributed by atoms with E-state index in [2.05, 4.69) is 164 Å². The zero-order chi connectivity index (χ0) is 43.5. The second-order valence-electron chi connectivity index (χ2n) is 17.0. The Labute approximate surface area is 373 Å². The zero-order valence-electron chi connectivity index (χ0n) is 38.0. The summed E-state index contributed by atoms with van der Waals surface area (Å²) in [4.78, 5) is 9.70. The van der Waals surface area contributed by atoms with Crippen molar-refractivity contribution in [1.29, 1.82) is 0 Å². The van der Waals surface area contributed by atoms with E-state index < -0.39 is 20.1 Å². The molecule has 0 N–H and O–H groups in total. The molecule has 1 radical (unpaired) electrons. The summed E-state index contributed by atoms with van der Waals surface area (Å²) in [6.07, 6.45) is 1.76.